The third-order valence-corrected chi connectivity index (χ3v) is 4.96. The molecule has 2 aromatic carbocycles. The number of thiazole rings is 1. The van der Waals surface area contributed by atoms with E-state index in [9.17, 15) is 5.26 Å². The van der Waals surface area contributed by atoms with Crippen molar-refractivity contribution in [2.75, 3.05) is 12.4 Å². The smallest absolute Gasteiger partial charge is 0.142 e. The molecule has 0 bridgehead atoms. The van der Waals surface area contributed by atoms with Gasteiger partial charge in [0.2, 0.25) is 0 Å². The van der Waals surface area contributed by atoms with Crippen LogP contribution in [0.25, 0.3) is 16.8 Å². The Labute approximate surface area is 165 Å². The number of hydrogen-bond acceptors (Lipinski definition) is 5. The molecule has 0 unspecified atom stereocenters. The van der Waals surface area contributed by atoms with Crippen molar-refractivity contribution in [3.05, 3.63) is 69.1 Å². The number of benzene rings is 2. The molecule has 0 radical (unpaired) electrons. The van der Waals surface area contributed by atoms with Gasteiger partial charge in [-0.2, -0.15) is 5.26 Å². The van der Waals surface area contributed by atoms with E-state index < -0.39 is 0 Å². The van der Waals surface area contributed by atoms with E-state index in [0.29, 0.717) is 32.1 Å². The van der Waals surface area contributed by atoms with Crippen molar-refractivity contribution in [1.82, 2.24) is 4.98 Å². The van der Waals surface area contributed by atoms with Gasteiger partial charge in [-0.05, 0) is 30.3 Å². The number of allylic oxidation sites excluding steroid dienone is 1. The fourth-order valence-corrected chi connectivity index (χ4v) is 3.56. The Balaban J connectivity index is 1.87. The Hall–Kier alpha value is -2.52. The molecule has 130 valence electrons. The first-order chi connectivity index (χ1) is 12.6. The zero-order valence-electron chi connectivity index (χ0n) is 13.7. The SMILES string of the molecule is COc1ccccc1NC=C(C#N)c1nc(-c2ccc(Cl)cc2Cl)cs1. The molecule has 1 heterocycles. The summed E-state index contributed by atoms with van der Waals surface area (Å²) in [6.45, 7) is 0. The first-order valence-corrected chi connectivity index (χ1v) is 9.17. The fraction of sp³-hybridized carbons (Fsp3) is 0.0526. The molecular weight excluding hydrogens is 389 g/mol. The largest absolute Gasteiger partial charge is 0.495 e. The Morgan fingerprint density at radius 1 is 1.27 bits per heavy atom. The molecule has 0 saturated heterocycles. The number of rotatable bonds is 5. The van der Waals surface area contributed by atoms with Crippen molar-refractivity contribution in [3.8, 4) is 23.1 Å². The summed E-state index contributed by atoms with van der Waals surface area (Å²) >= 11 is 13.5. The molecule has 4 nitrogen and oxygen atoms in total. The molecule has 0 amide bonds. The Morgan fingerprint density at radius 2 is 2.08 bits per heavy atom. The first kappa shape index (κ1) is 18.3. The predicted molar refractivity (Wildman–Crippen MR) is 108 cm³/mol. The van der Waals surface area contributed by atoms with Crippen LogP contribution in [-0.2, 0) is 0 Å². The summed E-state index contributed by atoms with van der Waals surface area (Å²) in [4.78, 5) is 4.53. The number of nitriles is 1. The summed E-state index contributed by atoms with van der Waals surface area (Å²) in [6, 6.07) is 14.9. The van der Waals surface area contributed by atoms with Gasteiger partial charge in [-0.15, -0.1) is 11.3 Å². The highest BCUT2D eigenvalue weighted by Gasteiger charge is 2.12. The van der Waals surface area contributed by atoms with Crippen LogP contribution in [-0.4, -0.2) is 12.1 Å². The second kappa shape index (κ2) is 8.24. The third kappa shape index (κ3) is 4.00. The maximum absolute atomic E-state index is 9.49. The first-order valence-electron chi connectivity index (χ1n) is 7.53. The minimum absolute atomic E-state index is 0.414. The molecule has 0 aliphatic heterocycles. The van der Waals surface area contributed by atoms with Crippen molar-refractivity contribution in [2.24, 2.45) is 0 Å². The van der Waals surface area contributed by atoms with Crippen LogP contribution in [0.15, 0.2) is 54.0 Å². The van der Waals surface area contributed by atoms with E-state index in [0.717, 1.165) is 11.3 Å². The second-order valence-corrected chi connectivity index (χ2v) is 6.88. The van der Waals surface area contributed by atoms with Crippen molar-refractivity contribution >= 4 is 45.8 Å². The Morgan fingerprint density at radius 3 is 2.81 bits per heavy atom. The van der Waals surface area contributed by atoms with Gasteiger partial charge in [0, 0.05) is 22.2 Å². The molecule has 7 heteroatoms. The zero-order chi connectivity index (χ0) is 18.5. The minimum Gasteiger partial charge on any atom is -0.495 e. The van der Waals surface area contributed by atoms with Gasteiger partial charge in [0.1, 0.15) is 22.4 Å². The lowest BCUT2D eigenvalue weighted by molar-refractivity contribution is 0.417. The number of para-hydroxylation sites is 2. The molecule has 0 saturated carbocycles. The summed E-state index contributed by atoms with van der Waals surface area (Å²) in [5.41, 5.74) is 2.65. The highest BCUT2D eigenvalue weighted by Crippen LogP contribution is 2.32. The van der Waals surface area contributed by atoms with Crippen LogP contribution in [0.4, 0.5) is 5.69 Å². The van der Waals surface area contributed by atoms with Crippen LogP contribution < -0.4 is 10.1 Å². The Bertz CT molecular complexity index is 1010. The maximum Gasteiger partial charge on any atom is 0.142 e. The van der Waals surface area contributed by atoms with Gasteiger partial charge in [-0.25, -0.2) is 4.98 Å². The minimum atomic E-state index is 0.414. The van der Waals surface area contributed by atoms with Crippen molar-refractivity contribution < 1.29 is 4.74 Å². The van der Waals surface area contributed by atoms with E-state index in [2.05, 4.69) is 16.4 Å². The molecule has 3 rings (SSSR count). The molecule has 0 fully saturated rings. The summed E-state index contributed by atoms with van der Waals surface area (Å²) in [7, 11) is 1.60. The average molecular weight is 402 g/mol. The molecule has 0 spiro atoms. The monoisotopic (exact) mass is 401 g/mol. The molecule has 1 N–H and O–H groups in total. The lowest BCUT2D eigenvalue weighted by atomic mass is 10.2. The normalized spacial score (nSPS) is 11.1. The van der Waals surface area contributed by atoms with Crippen LogP contribution in [0.3, 0.4) is 0 Å². The van der Waals surface area contributed by atoms with E-state index in [-0.39, 0.29) is 0 Å². The van der Waals surface area contributed by atoms with Crippen molar-refractivity contribution in [3.63, 3.8) is 0 Å². The number of hydrogen-bond donors (Lipinski definition) is 1. The quantitative estimate of drug-likeness (QED) is 0.524. The number of halogens is 2. The van der Waals surface area contributed by atoms with Crippen LogP contribution in [0.5, 0.6) is 5.75 Å². The average Bonchev–Trinajstić information content (AvgIpc) is 3.12. The maximum atomic E-state index is 9.49. The number of aromatic nitrogens is 1. The number of anilines is 1. The van der Waals surface area contributed by atoms with E-state index in [1.807, 2.05) is 35.7 Å². The van der Waals surface area contributed by atoms with E-state index in [1.54, 1.807) is 25.4 Å². The van der Waals surface area contributed by atoms with E-state index in [1.165, 1.54) is 11.3 Å². The topological polar surface area (TPSA) is 57.9 Å². The molecule has 3 aromatic rings. The van der Waals surface area contributed by atoms with Gasteiger partial charge < -0.3 is 10.1 Å². The van der Waals surface area contributed by atoms with Gasteiger partial charge in [0.15, 0.2) is 0 Å². The molecule has 26 heavy (non-hydrogen) atoms. The lowest BCUT2D eigenvalue weighted by Gasteiger charge is -2.07. The zero-order valence-corrected chi connectivity index (χ0v) is 16.0. The van der Waals surface area contributed by atoms with Crippen LogP contribution in [0, 0.1) is 11.3 Å². The number of ether oxygens (including phenoxy) is 1. The van der Waals surface area contributed by atoms with Gasteiger partial charge >= 0.3 is 0 Å². The third-order valence-electron chi connectivity index (χ3n) is 3.54. The highest BCUT2D eigenvalue weighted by molar-refractivity contribution is 7.11. The number of nitrogens with one attached hydrogen (secondary N) is 1. The van der Waals surface area contributed by atoms with E-state index in [4.69, 9.17) is 27.9 Å². The molecule has 0 aliphatic rings. The lowest BCUT2D eigenvalue weighted by Crippen LogP contribution is -1.94. The Kier molecular flexibility index (Phi) is 5.79. The summed E-state index contributed by atoms with van der Waals surface area (Å²) < 4.78 is 5.29. The summed E-state index contributed by atoms with van der Waals surface area (Å²) in [5, 5.41) is 16.1. The van der Waals surface area contributed by atoms with Gasteiger partial charge in [0.05, 0.1) is 23.5 Å². The fourth-order valence-electron chi connectivity index (χ4n) is 2.27. The molecule has 0 atom stereocenters. The second-order valence-electron chi connectivity index (χ2n) is 5.18. The van der Waals surface area contributed by atoms with E-state index >= 15 is 0 Å². The molecular formula is C19H13Cl2N3OS. The van der Waals surface area contributed by atoms with Gasteiger partial charge in [0.25, 0.3) is 0 Å². The standard InChI is InChI=1S/C19H13Cl2N3OS/c1-25-18-5-3-2-4-16(18)23-10-12(9-22)19-24-17(11-26-19)14-7-6-13(20)8-15(14)21/h2-8,10-11,23H,1H3. The number of nitrogens with zero attached hydrogens (tertiary/aromatic N) is 2. The van der Waals surface area contributed by atoms with Crippen molar-refractivity contribution in [2.45, 2.75) is 0 Å². The predicted octanol–water partition coefficient (Wildman–Crippen LogP) is 6.10. The van der Waals surface area contributed by atoms with Gasteiger partial charge in [-0.1, -0.05) is 35.3 Å². The van der Waals surface area contributed by atoms with Gasteiger partial charge in [-0.3, -0.25) is 0 Å². The van der Waals surface area contributed by atoms with Crippen LogP contribution in [0.1, 0.15) is 5.01 Å². The molecule has 1 aromatic heterocycles. The molecule has 0 aliphatic carbocycles. The van der Waals surface area contributed by atoms with Crippen LogP contribution in [0.2, 0.25) is 10.0 Å². The number of methoxy groups -OCH3 is 1. The highest BCUT2D eigenvalue weighted by atomic mass is 35.5. The summed E-state index contributed by atoms with van der Waals surface area (Å²) in [6.07, 6.45) is 1.62. The van der Waals surface area contributed by atoms with Crippen molar-refractivity contribution in [1.29, 1.82) is 5.26 Å². The van der Waals surface area contributed by atoms with Crippen LogP contribution >= 0.6 is 34.5 Å². The summed E-state index contributed by atoms with van der Waals surface area (Å²) in [5.74, 6) is 0.689.